The second-order valence-corrected chi connectivity index (χ2v) is 18.8. The third-order valence-electron chi connectivity index (χ3n) is 16.5. The number of hydrogen-bond acceptors (Lipinski definition) is 4. The Kier molecular flexibility index (Phi) is 7.52. The first-order valence-electron chi connectivity index (χ1n) is 20.2. The molecule has 6 saturated carbocycles. The van der Waals surface area contributed by atoms with Crippen molar-refractivity contribution < 1.29 is 14.9 Å². The summed E-state index contributed by atoms with van der Waals surface area (Å²) in [6.45, 7) is 2.67. The number of nitrogens with two attached hydrogens (primary N) is 1. The largest absolute Gasteiger partial charge is 0.508 e. The molecular formula is C43H61NO3. The Bertz CT molecular complexity index is 1420. The van der Waals surface area contributed by atoms with E-state index in [2.05, 4.69) is 30.9 Å². The van der Waals surface area contributed by atoms with E-state index in [-0.39, 0.29) is 41.0 Å². The van der Waals surface area contributed by atoms with Gasteiger partial charge >= 0.3 is 0 Å². The van der Waals surface area contributed by atoms with Crippen LogP contribution in [0.1, 0.15) is 146 Å². The molecule has 10 rings (SSSR count). The van der Waals surface area contributed by atoms with Crippen LogP contribution >= 0.6 is 0 Å². The number of benzene rings is 1. The maximum absolute atomic E-state index is 11.2. The molecule has 7 aliphatic carbocycles. The second-order valence-electron chi connectivity index (χ2n) is 18.8. The van der Waals surface area contributed by atoms with Gasteiger partial charge in [-0.2, -0.15) is 0 Å². The summed E-state index contributed by atoms with van der Waals surface area (Å²) in [5.41, 5.74) is 9.93. The highest BCUT2D eigenvalue weighted by molar-refractivity contribution is 5.47. The minimum atomic E-state index is -0.547. The topological polar surface area (TPSA) is 75.7 Å². The van der Waals surface area contributed by atoms with Crippen LogP contribution in [-0.4, -0.2) is 33.6 Å². The molecule has 1 aromatic carbocycles. The van der Waals surface area contributed by atoms with Gasteiger partial charge in [-0.05, 0) is 143 Å². The minimum absolute atomic E-state index is 0.0646. The number of aliphatic hydroxyl groups excluding tert-OH is 1. The molecule has 4 nitrogen and oxygen atoms in total. The van der Waals surface area contributed by atoms with E-state index in [1.165, 1.54) is 114 Å². The van der Waals surface area contributed by atoms with E-state index in [0.717, 1.165) is 32.1 Å². The van der Waals surface area contributed by atoms with E-state index >= 15 is 0 Å². The summed E-state index contributed by atoms with van der Waals surface area (Å²) in [4.78, 5) is 0. The monoisotopic (exact) mass is 639 g/mol. The Morgan fingerprint density at radius 1 is 0.872 bits per heavy atom. The van der Waals surface area contributed by atoms with Gasteiger partial charge in [-0.1, -0.05) is 69.3 Å². The van der Waals surface area contributed by atoms with E-state index in [9.17, 15) is 10.2 Å². The number of rotatable bonds is 2. The minimum Gasteiger partial charge on any atom is -0.508 e. The summed E-state index contributed by atoms with van der Waals surface area (Å²) in [6.07, 6.45) is 25.9. The predicted molar refractivity (Wildman–Crippen MR) is 187 cm³/mol. The SMILES string of the molecule is C[C@@]1(C2CCCCC2)O[C@@]23C[C@H]4CC[C@@H](CO)[C@](N)([C@H]2C#CC2(CCCCC2)c2cc(O)ccc2C[C@H]2C[C@H]3CC3(CCCC3)C2)[C@H]41. The lowest BCUT2D eigenvalue weighted by Crippen LogP contribution is -2.84. The normalized spacial score (nSPS) is 45.0. The number of phenols is 1. The number of aromatic hydroxyl groups is 1. The van der Waals surface area contributed by atoms with Gasteiger partial charge in [0.25, 0.3) is 0 Å². The molecule has 256 valence electrons. The van der Waals surface area contributed by atoms with Crippen molar-refractivity contribution in [2.24, 2.45) is 52.6 Å². The van der Waals surface area contributed by atoms with Crippen LogP contribution in [0.25, 0.3) is 0 Å². The van der Waals surface area contributed by atoms with Gasteiger partial charge in [0.15, 0.2) is 0 Å². The Morgan fingerprint density at radius 2 is 1.62 bits per heavy atom. The van der Waals surface area contributed by atoms with Crippen molar-refractivity contribution in [3.63, 3.8) is 0 Å². The molecule has 4 heteroatoms. The quantitative estimate of drug-likeness (QED) is 0.283. The standard InChI is InChI=1S/C43H61NO3/c1-39(32-10-4-2-5-11-32)38-31-12-14-33(28-45)43(38,44)37-16-21-41(19-6-3-7-20-41)36-24-35(46)15-13-30(36)22-29-23-34(42(37,26-31)47-39)27-40(25-29)17-8-9-18-40/h13,15,24,29,31-34,37-38,45-46H,2-12,14,17-20,22-23,25-28,44H2,1H3/t29-,31+,33-,34-,37-,38+,39-,42+,43-/m0/s1. The maximum Gasteiger partial charge on any atom is 0.115 e. The highest BCUT2D eigenvalue weighted by Crippen LogP contribution is 2.71. The molecule has 0 radical (unpaired) electrons. The average Bonchev–Trinajstić information content (AvgIpc) is 3.52. The first-order chi connectivity index (χ1) is 22.7. The lowest BCUT2D eigenvalue weighted by atomic mass is 9.38. The maximum atomic E-state index is 11.2. The molecule has 0 aromatic heterocycles. The van der Waals surface area contributed by atoms with Crippen molar-refractivity contribution in [2.45, 2.75) is 164 Å². The summed E-state index contributed by atoms with van der Waals surface area (Å²) in [5.74, 6) is 11.1. The molecule has 1 aromatic rings. The zero-order valence-electron chi connectivity index (χ0n) is 29.2. The molecular weight excluding hydrogens is 578 g/mol. The van der Waals surface area contributed by atoms with Gasteiger partial charge in [0.2, 0.25) is 0 Å². The fourth-order valence-corrected chi connectivity index (χ4v) is 14.8. The third-order valence-corrected chi connectivity index (χ3v) is 16.5. The molecule has 9 aliphatic rings. The lowest BCUT2D eigenvalue weighted by Gasteiger charge is -2.75. The molecule has 9 atom stereocenters. The Morgan fingerprint density at radius 3 is 2.38 bits per heavy atom. The third kappa shape index (κ3) is 4.57. The van der Waals surface area contributed by atoms with Crippen LogP contribution < -0.4 is 5.73 Å². The first-order valence-corrected chi connectivity index (χ1v) is 20.2. The van der Waals surface area contributed by atoms with Gasteiger partial charge in [-0.25, -0.2) is 0 Å². The van der Waals surface area contributed by atoms with Crippen molar-refractivity contribution in [3.8, 4) is 17.6 Å². The van der Waals surface area contributed by atoms with Crippen LogP contribution in [-0.2, 0) is 16.6 Å². The van der Waals surface area contributed by atoms with Crippen molar-refractivity contribution in [1.82, 2.24) is 0 Å². The fraction of sp³-hybridized carbons (Fsp3) is 0.814. The molecule has 6 bridgehead atoms. The van der Waals surface area contributed by atoms with Crippen LogP contribution in [0.2, 0.25) is 0 Å². The molecule has 8 fully saturated rings. The van der Waals surface area contributed by atoms with E-state index in [0.29, 0.717) is 34.8 Å². The highest BCUT2D eigenvalue weighted by atomic mass is 16.5. The number of aliphatic hydroxyl groups is 1. The Labute approximate surface area is 284 Å². The molecule has 2 aliphatic heterocycles. The number of phenolic OH excluding ortho intramolecular Hbond substituents is 1. The zero-order chi connectivity index (χ0) is 32.1. The summed E-state index contributed by atoms with van der Waals surface area (Å²) >= 11 is 0. The van der Waals surface area contributed by atoms with Crippen LogP contribution in [0.15, 0.2) is 18.2 Å². The Balaban J connectivity index is 1.29. The summed E-state index contributed by atoms with van der Waals surface area (Å²) < 4.78 is 8.13. The van der Waals surface area contributed by atoms with E-state index in [1.807, 2.05) is 6.07 Å². The summed E-state index contributed by atoms with van der Waals surface area (Å²) in [5, 5.41) is 22.1. The van der Waals surface area contributed by atoms with E-state index < -0.39 is 5.54 Å². The zero-order valence-corrected chi connectivity index (χ0v) is 29.2. The molecule has 4 N–H and O–H groups in total. The number of hydrogen-bond donors (Lipinski definition) is 3. The van der Waals surface area contributed by atoms with Crippen LogP contribution in [0, 0.1) is 58.7 Å². The van der Waals surface area contributed by atoms with Gasteiger partial charge in [0.1, 0.15) is 5.75 Å². The van der Waals surface area contributed by atoms with Gasteiger partial charge < -0.3 is 20.7 Å². The van der Waals surface area contributed by atoms with Crippen LogP contribution in [0.3, 0.4) is 0 Å². The molecule has 3 spiro atoms. The molecule has 0 amide bonds. The highest BCUT2D eigenvalue weighted by Gasteiger charge is 2.76. The van der Waals surface area contributed by atoms with Crippen molar-refractivity contribution >= 4 is 0 Å². The lowest BCUT2D eigenvalue weighted by molar-refractivity contribution is -0.361. The molecule has 47 heavy (non-hydrogen) atoms. The first kappa shape index (κ1) is 31.4. The average molecular weight is 640 g/mol. The van der Waals surface area contributed by atoms with Crippen LogP contribution in [0.4, 0.5) is 0 Å². The van der Waals surface area contributed by atoms with Crippen LogP contribution in [0.5, 0.6) is 5.75 Å². The van der Waals surface area contributed by atoms with E-state index in [1.54, 1.807) is 0 Å². The van der Waals surface area contributed by atoms with Gasteiger partial charge in [-0.3, -0.25) is 0 Å². The predicted octanol–water partition coefficient (Wildman–Crippen LogP) is 8.59. The number of ether oxygens (including phenoxy) is 1. The van der Waals surface area contributed by atoms with E-state index in [4.69, 9.17) is 10.5 Å². The molecule has 2 heterocycles. The van der Waals surface area contributed by atoms with Crippen molar-refractivity contribution in [1.29, 1.82) is 0 Å². The summed E-state index contributed by atoms with van der Waals surface area (Å²) in [7, 11) is 0. The Hall–Kier alpha value is -1.54. The number of fused-ring (bicyclic) bond motifs is 5. The van der Waals surface area contributed by atoms with Crippen molar-refractivity contribution in [2.75, 3.05) is 6.61 Å². The smallest absolute Gasteiger partial charge is 0.115 e. The summed E-state index contributed by atoms with van der Waals surface area (Å²) in [6, 6.07) is 6.30. The van der Waals surface area contributed by atoms with Gasteiger partial charge in [0.05, 0.1) is 22.5 Å². The second kappa shape index (κ2) is 11.2. The molecule has 2 saturated heterocycles. The van der Waals surface area contributed by atoms with Gasteiger partial charge in [0, 0.05) is 24.0 Å². The van der Waals surface area contributed by atoms with Gasteiger partial charge in [-0.15, -0.1) is 0 Å². The fourth-order valence-electron chi connectivity index (χ4n) is 14.8. The van der Waals surface area contributed by atoms with Crippen molar-refractivity contribution in [3.05, 3.63) is 29.3 Å². The molecule has 0 unspecified atom stereocenters.